The maximum Gasteiger partial charge on any atom is 1.00 e. The average molecular weight is 444 g/mol. The molecule has 0 saturated carbocycles. The Morgan fingerprint density at radius 2 is 1.67 bits per heavy atom. The molecule has 1 aliphatic heterocycles. The van der Waals surface area contributed by atoms with Gasteiger partial charge >= 0.3 is 63.3 Å². The summed E-state index contributed by atoms with van der Waals surface area (Å²) in [6.45, 7) is 2.59. The van der Waals surface area contributed by atoms with Crippen molar-refractivity contribution in [1.29, 1.82) is 0 Å². The van der Waals surface area contributed by atoms with Gasteiger partial charge in [0.2, 0.25) is 0 Å². The largest absolute Gasteiger partial charge is 1.00 e. The van der Waals surface area contributed by atoms with E-state index in [1.165, 1.54) is 26.0 Å². The van der Waals surface area contributed by atoms with Gasteiger partial charge < -0.3 is 24.1 Å². The number of ether oxygens (including phenoxy) is 3. The van der Waals surface area contributed by atoms with Crippen LogP contribution in [0.5, 0.6) is 0 Å². The number of rotatable bonds is 6. The number of aliphatic carboxylic acids is 1. The Morgan fingerprint density at radius 3 is 2.17 bits per heavy atom. The Labute approximate surface area is 214 Å². The molecule has 2 atom stereocenters. The van der Waals surface area contributed by atoms with E-state index in [4.69, 9.17) is 14.2 Å². The van der Waals surface area contributed by atoms with Crippen LogP contribution in [0.3, 0.4) is 0 Å². The maximum atomic E-state index is 14.2. The second kappa shape index (κ2) is 9.95. The number of carbonyl (C=O) groups is 2. The molecule has 3 rings (SSSR count). The minimum atomic E-state index is -4.46. The first-order chi connectivity index (χ1) is 13.6. The van der Waals surface area contributed by atoms with Crippen molar-refractivity contribution in [2.75, 3.05) is 6.61 Å². The van der Waals surface area contributed by atoms with Crippen LogP contribution in [0.1, 0.15) is 24.2 Å². The van der Waals surface area contributed by atoms with E-state index in [-0.39, 0.29) is 63.6 Å². The van der Waals surface area contributed by atoms with Crippen molar-refractivity contribution >= 4 is 11.9 Å². The fraction of sp³-hybridized carbons (Fsp3) is 0.333. The molecule has 0 aromatic heterocycles. The van der Waals surface area contributed by atoms with Gasteiger partial charge in [-0.25, -0.2) is 4.79 Å². The SMILES string of the molecule is CC1(C)OC[C@H]([C@@H](OC(=O)c2ccc(-c3ccccc3)cc2)C(F)(F)C(=O)[O-])O1.[K+]. The predicted octanol–water partition coefficient (Wildman–Crippen LogP) is -0.580. The van der Waals surface area contributed by atoms with E-state index in [1.807, 2.05) is 30.3 Å². The number of carboxylic acid groups (broad SMARTS) is 1. The molecule has 2 aromatic rings. The van der Waals surface area contributed by atoms with Crippen LogP contribution in [0.25, 0.3) is 11.1 Å². The summed E-state index contributed by atoms with van der Waals surface area (Å²) < 4.78 is 43.8. The molecule has 30 heavy (non-hydrogen) atoms. The van der Waals surface area contributed by atoms with Gasteiger partial charge in [-0.05, 0) is 37.1 Å². The van der Waals surface area contributed by atoms with Gasteiger partial charge in [0.1, 0.15) is 12.1 Å². The Morgan fingerprint density at radius 1 is 1.10 bits per heavy atom. The zero-order valence-corrected chi connectivity index (χ0v) is 19.9. The zero-order valence-electron chi connectivity index (χ0n) is 16.8. The van der Waals surface area contributed by atoms with Crippen molar-refractivity contribution in [3.8, 4) is 11.1 Å². The van der Waals surface area contributed by atoms with Gasteiger partial charge in [0.15, 0.2) is 11.9 Å². The average Bonchev–Trinajstić information content (AvgIpc) is 3.05. The molecule has 6 nitrogen and oxygen atoms in total. The van der Waals surface area contributed by atoms with E-state index in [0.717, 1.165) is 11.1 Å². The molecule has 1 heterocycles. The third kappa shape index (κ3) is 5.73. The Balaban J connectivity index is 0.00000320. The molecular weight excluding hydrogens is 425 g/mol. The molecule has 0 unspecified atom stereocenters. The first kappa shape index (κ1) is 25.1. The molecule has 9 heteroatoms. The van der Waals surface area contributed by atoms with Crippen molar-refractivity contribution in [1.82, 2.24) is 0 Å². The van der Waals surface area contributed by atoms with Crippen LogP contribution >= 0.6 is 0 Å². The first-order valence-corrected chi connectivity index (χ1v) is 8.88. The fourth-order valence-electron chi connectivity index (χ4n) is 2.98. The van der Waals surface area contributed by atoms with Gasteiger partial charge in [-0.3, -0.25) is 0 Å². The van der Waals surface area contributed by atoms with E-state index in [0.29, 0.717) is 0 Å². The number of carbonyl (C=O) groups excluding carboxylic acids is 2. The van der Waals surface area contributed by atoms with Crippen molar-refractivity contribution in [2.24, 2.45) is 0 Å². The quantitative estimate of drug-likeness (QED) is 0.438. The van der Waals surface area contributed by atoms with Crippen molar-refractivity contribution < 1.29 is 89.1 Å². The molecule has 1 aliphatic rings. The molecule has 0 N–H and O–H groups in total. The van der Waals surface area contributed by atoms with E-state index in [9.17, 15) is 23.5 Å². The van der Waals surface area contributed by atoms with Crippen LogP contribution in [-0.4, -0.2) is 42.5 Å². The molecular formula is C21H19F2KO6. The summed E-state index contributed by atoms with van der Waals surface area (Å²) in [7, 11) is 0. The standard InChI is InChI=1S/C21H20F2O6.K/c1-20(2)27-12-16(29-20)17(21(22,23)19(25)26)28-18(24)15-10-8-14(9-11-15)13-6-4-3-5-7-13;/h3-11,16-17H,12H2,1-2H3,(H,25,26);/q;+1/p-1/t16-,17-;/m1./s1. The van der Waals surface area contributed by atoms with Crippen molar-refractivity contribution in [3.63, 3.8) is 0 Å². The van der Waals surface area contributed by atoms with Crippen LogP contribution in [-0.2, 0) is 19.0 Å². The number of halogens is 2. The molecule has 2 aromatic carbocycles. The number of carboxylic acids is 1. The van der Waals surface area contributed by atoms with Gasteiger partial charge in [-0.1, -0.05) is 42.5 Å². The van der Waals surface area contributed by atoms with E-state index >= 15 is 0 Å². The van der Waals surface area contributed by atoms with E-state index in [2.05, 4.69) is 0 Å². The molecule has 0 bridgehead atoms. The number of benzene rings is 2. The van der Waals surface area contributed by atoms with Gasteiger partial charge in [0.05, 0.1) is 12.2 Å². The number of hydrogen-bond acceptors (Lipinski definition) is 6. The van der Waals surface area contributed by atoms with Gasteiger partial charge in [0.25, 0.3) is 0 Å². The van der Waals surface area contributed by atoms with Crippen LogP contribution in [0.15, 0.2) is 54.6 Å². The molecule has 1 fully saturated rings. The van der Waals surface area contributed by atoms with Gasteiger partial charge in [-0.15, -0.1) is 0 Å². The van der Waals surface area contributed by atoms with Gasteiger partial charge in [0, 0.05) is 0 Å². The summed E-state index contributed by atoms with van der Waals surface area (Å²) in [4.78, 5) is 23.4. The number of alkyl halides is 2. The number of hydrogen-bond donors (Lipinski definition) is 0. The summed E-state index contributed by atoms with van der Waals surface area (Å²) in [6.07, 6.45) is -3.87. The van der Waals surface area contributed by atoms with E-state index < -0.39 is 35.9 Å². The fourth-order valence-corrected chi connectivity index (χ4v) is 2.98. The molecule has 0 radical (unpaired) electrons. The first-order valence-electron chi connectivity index (χ1n) is 8.88. The Bertz CT molecular complexity index is 886. The molecule has 154 valence electrons. The second-order valence-electron chi connectivity index (χ2n) is 7.05. The summed E-state index contributed by atoms with van der Waals surface area (Å²) in [5, 5.41) is 11.0. The minimum Gasteiger partial charge on any atom is -0.544 e. The van der Waals surface area contributed by atoms with Crippen molar-refractivity contribution in [3.05, 3.63) is 60.2 Å². The summed E-state index contributed by atoms with van der Waals surface area (Å²) >= 11 is 0. The molecule has 0 aliphatic carbocycles. The molecule has 0 spiro atoms. The van der Waals surface area contributed by atoms with Crippen LogP contribution < -0.4 is 56.5 Å². The van der Waals surface area contributed by atoms with Gasteiger partial charge in [-0.2, -0.15) is 8.78 Å². The van der Waals surface area contributed by atoms with E-state index in [1.54, 1.807) is 12.1 Å². The normalized spacial score (nSPS) is 18.9. The Hall–Kier alpha value is -1.20. The van der Waals surface area contributed by atoms with Crippen molar-refractivity contribution in [2.45, 2.75) is 37.8 Å². The van der Waals surface area contributed by atoms with Crippen LogP contribution in [0.2, 0.25) is 0 Å². The molecule has 0 amide bonds. The van der Waals surface area contributed by atoms with Crippen LogP contribution in [0, 0.1) is 0 Å². The topological polar surface area (TPSA) is 84.9 Å². The van der Waals surface area contributed by atoms with Crippen LogP contribution in [0.4, 0.5) is 8.78 Å². The monoisotopic (exact) mass is 444 g/mol. The second-order valence-corrected chi connectivity index (χ2v) is 7.05. The molecule has 1 saturated heterocycles. The third-order valence-electron chi connectivity index (χ3n) is 4.46. The number of esters is 1. The summed E-state index contributed by atoms with van der Waals surface area (Å²) in [6, 6.07) is 15.4. The third-order valence-corrected chi connectivity index (χ3v) is 4.46. The minimum absolute atomic E-state index is 0. The summed E-state index contributed by atoms with van der Waals surface area (Å²) in [5.41, 5.74) is 1.71. The maximum absolute atomic E-state index is 14.2. The smallest absolute Gasteiger partial charge is 0.544 e. The summed E-state index contributed by atoms with van der Waals surface area (Å²) in [5.74, 6) is -9.45. The Kier molecular flexibility index (Phi) is 8.31. The zero-order chi connectivity index (χ0) is 21.2. The predicted molar refractivity (Wildman–Crippen MR) is 95.9 cm³/mol.